The fourth-order valence-electron chi connectivity index (χ4n) is 2.55. The first-order valence-corrected chi connectivity index (χ1v) is 7.03. The molecule has 2 aromatic rings. The van der Waals surface area contributed by atoms with Gasteiger partial charge in [-0.25, -0.2) is 10.8 Å². The zero-order chi connectivity index (χ0) is 14.7. The van der Waals surface area contributed by atoms with Crippen molar-refractivity contribution in [2.75, 3.05) is 31.7 Å². The van der Waals surface area contributed by atoms with Gasteiger partial charge in [0.25, 0.3) is 5.91 Å². The highest BCUT2D eigenvalue weighted by atomic mass is 16.5. The molecule has 0 aliphatic carbocycles. The van der Waals surface area contributed by atoms with Crippen molar-refractivity contribution in [1.29, 1.82) is 0 Å². The van der Waals surface area contributed by atoms with Crippen LogP contribution in [0.1, 0.15) is 16.8 Å². The quantitative estimate of drug-likeness (QED) is 0.644. The van der Waals surface area contributed by atoms with E-state index in [1.807, 2.05) is 29.2 Å². The number of carbonyl (C=O) groups excluding carboxylic acids is 1. The van der Waals surface area contributed by atoms with Crippen LogP contribution in [0, 0.1) is 0 Å². The van der Waals surface area contributed by atoms with Crippen LogP contribution in [0.3, 0.4) is 0 Å². The van der Waals surface area contributed by atoms with Crippen molar-refractivity contribution in [1.82, 2.24) is 9.88 Å². The molecule has 0 spiro atoms. The number of nitrogens with two attached hydrogens (primary N) is 1. The second-order valence-corrected chi connectivity index (χ2v) is 4.97. The molecule has 1 aromatic carbocycles. The van der Waals surface area contributed by atoms with Crippen LogP contribution in [0.4, 0.5) is 5.82 Å². The van der Waals surface area contributed by atoms with Crippen LogP contribution in [-0.2, 0) is 4.74 Å². The number of hydrogen-bond acceptors (Lipinski definition) is 5. The summed E-state index contributed by atoms with van der Waals surface area (Å²) in [7, 11) is 0. The van der Waals surface area contributed by atoms with Crippen molar-refractivity contribution in [3.05, 3.63) is 35.9 Å². The van der Waals surface area contributed by atoms with E-state index in [9.17, 15) is 4.79 Å². The largest absolute Gasteiger partial charge is 0.380 e. The van der Waals surface area contributed by atoms with Crippen molar-refractivity contribution in [2.24, 2.45) is 5.84 Å². The number of carbonyl (C=O) groups is 1. The fraction of sp³-hybridized carbons (Fsp3) is 0.333. The molecule has 110 valence electrons. The summed E-state index contributed by atoms with van der Waals surface area (Å²) in [6.45, 7) is 2.61. The first-order chi connectivity index (χ1) is 10.3. The third kappa shape index (κ3) is 2.81. The number of nitrogens with zero attached hydrogens (tertiary/aromatic N) is 2. The number of nitrogens with one attached hydrogen (secondary N) is 1. The standard InChI is InChI=1S/C15H18N4O2/c16-18-14-10-12(11-4-1-2-5-13(11)17-14)15(20)19-6-3-8-21-9-7-19/h1-2,4-5,10H,3,6-9,16H2,(H,17,18). The smallest absolute Gasteiger partial charge is 0.254 e. The van der Waals surface area contributed by atoms with Crippen molar-refractivity contribution in [2.45, 2.75) is 6.42 Å². The SMILES string of the molecule is NNc1cc(C(=O)N2CCCOCC2)c2ccccc2n1. The van der Waals surface area contributed by atoms with Crippen LogP contribution in [0.5, 0.6) is 0 Å². The number of anilines is 1. The number of hydrazine groups is 1. The zero-order valence-corrected chi connectivity index (χ0v) is 11.7. The number of nitrogen functional groups attached to an aromatic ring is 1. The number of ether oxygens (including phenoxy) is 1. The van der Waals surface area contributed by atoms with E-state index in [0.717, 1.165) is 17.3 Å². The minimum absolute atomic E-state index is 0.00407. The van der Waals surface area contributed by atoms with E-state index >= 15 is 0 Å². The molecule has 1 fully saturated rings. The van der Waals surface area contributed by atoms with Gasteiger partial charge in [-0.2, -0.15) is 0 Å². The van der Waals surface area contributed by atoms with E-state index in [-0.39, 0.29) is 5.91 Å². The molecule has 1 aliphatic rings. The summed E-state index contributed by atoms with van der Waals surface area (Å²) in [5.41, 5.74) is 3.90. The minimum atomic E-state index is -0.00407. The van der Waals surface area contributed by atoms with Gasteiger partial charge in [-0.15, -0.1) is 0 Å². The first-order valence-electron chi connectivity index (χ1n) is 7.03. The van der Waals surface area contributed by atoms with Crippen LogP contribution < -0.4 is 11.3 Å². The van der Waals surface area contributed by atoms with Gasteiger partial charge in [0, 0.05) is 25.1 Å². The maximum absolute atomic E-state index is 12.8. The number of aromatic nitrogens is 1. The lowest BCUT2D eigenvalue weighted by molar-refractivity contribution is 0.0743. The van der Waals surface area contributed by atoms with Crippen LogP contribution in [0.25, 0.3) is 10.9 Å². The molecule has 1 amide bonds. The molecular formula is C15H18N4O2. The molecule has 0 radical (unpaired) electrons. The Hall–Kier alpha value is -2.18. The third-order valence-electron chi connectivity index (χ3n) is 3.60. The Morgan fingerprint density at radius 2 is 2.14 bits per heavy atom. The van der Waals surface area contributed by atoms with E-state index in [0.29, 0.717) is 37.7 Å². The highest BCUT2D eigenvalue weighted by molar-refractivity contribution is 6.07. The molecule has 0 saturated carbocycles. The lowest BCUT2D eigenvalue weighted by Gasteiger charge is -2.20. The molecule has 6 heteroatoms. The lowest BCUT2D eigenvalue weighted by Crippen LogP contribution is -2.33. The summed E-state index contributed by atoms with van der Waals surface area (Å²) in [5, 5.41) is 0.840. The zero-order valence-electron chi connectivity index (χ0n) is 11.7. The Morgan fingerprint density at radius 3 is 3.00 bits per heavy atom. The number of hydrogen-bond donors (Lipinski definition) is 2. The highest BCUT2D eigenvalue weighted by Crippen LogP contribution is 2.22. The Kier molecular flexibility index (Phi) is 3.98. The van der Waals surface area contributed by atoms with E-state index in [4.69, 9.17) is 10.6 Å². The number of benzene rings is 1. The predicted molar refractivity (Wildman–Crippen MR) is 80.9 cm³/mol. The van der Waals surface area contributed by atoms with Gasteiger partial charge in [-0.1, -0.05) is 18.2 Å². The van der Waals surface area contributed by atoms with Crippen LogP contribution in [-0.4, -0.2) is 42.1 Å². The van der Waals surface area contributed by atoms with Gasteiger partial charge in [0.1, 0.15) is 5.82 Å². The number of para-hydroxylation sites is 1. The molecule has 21 heavy (non-hydrogen) atoms. The van der Waals surface area contributed by atoms with Gasteiger partial charge in [0.05, 0.1) is 17.7 Å². The number of amides is 1. The molecule has 1 aromatic heterocycles. The minimum Gasteiger partial charge on any atom is -0.380 e. The summed E-state index contributed by atoms with van der Waals surface area (Å²) in [6, 6.07) is 9.28. The highest BCUT2D eigenvalue weighted by Gasteiger charge is 2.20. The molecule has 3 rings (SSSR count). The van der Waals surface area contributed by atoms with E-state index in [2.05, 4.69) is 10.4 Å². The summed E-state index contributed by atoms with van der Waals surface area (Å²) in [4.78, 5) is 19.0. The van der Waals surface area contributed by atoms with Crippen LogP contribution >= 0.6 is 0 Å². The van der Waals surface area contributed by atoms with E-state index < -0.39 is 0 Å². The second kappa shape index (κ2) is 6.07. The molecule has 0 bridgehead atoms. The monoisotopic (exact) mass is 286 g/mol. The van der Waals surface area contributed by atoms with Gasteiger partial charge in [0.2, 0.25) is 0 Å². The summed E-state index contributed by atoms with van der Waals surface area (Å²) in [5.74, 6) is 5.94. The van der Waals surface area contributed by atoms with Gasteiger partial charge >= 0.3 is 0 Å². The molecule has 1 saturated heterocycles. The average Bonchev–Trinajstić information content (AvgIpc) is 2.82. The molecule has 0 unspecified atom stereocenters. The topological polar surface area (TPSA) is 80.5 Å². The van der Waals surface area contributed by atoms with Crippen molar-refractivity contribution in [3.8, 4) is 0 Å². The molecule has 1 aliphatic heterocycles. The molecule has 2 heterocycles. The molecule has 6 nitrogen and oxygen atoms in total. The van der Waals surface area contributed by atoms with Crippen LogP contribution in [0.15, 0.2) is 30.3 Å². The second-order valence-electron chi connectivity index (χ2n) is 4.97. The first kappa shape index (κ1) is 13.8. The van der Waals surface area contributed by atoms with Gasteiger partial charge in [-0.05, 0) is 18.6 Å². The Balaban J connectivity index is 2.03. The van der Waals surface area contributed by atoms with Gasteiger partial charge < -0.3 is 15.1 Å². The van der Waals surface area contributed by atoms with E-state index in [1.165, 1.54) is 0 Å². The van der Waals surface area contributed by atoms with Crippen molar-refractivity contribution < 1.29 is 9.53 Å². The fourth-order valence-corrected chi connectivity index (χ4v) is 2.55. The number of pyridine rings is 1. The Labute approximate surface area is 122 Å². The Bertz CT molecular complexity index is 651. The van der Waals surface area contributed by atoms with Crippen molar-refractivity contribution in [3.63, 3.8) is 0 Å². The summed E-state index contributed by atoms with van der Waals surface area (Å²) in [6.07, 6.45) is 0.858. The predicted octanol–water partition coefficient (Wildman–Crippen LogP) is 1.38. The summed E-state index contributed by atoms with van der Waals surface area (Å²) >= 11 is 0. The van der Waals surface area contributed by atoms with Gasteiger partial charge in [0.15, 0.2) is 0 Å². The van der Waals surface area contributed by atoms with Crippen molar-refractivity contribution >= 4 is 22.6 Å². The van der Waals surface area contributed by atoms with Crippen LogP contribution in [0.2, 0.25) is 0 Å². The number of rotatable bonds is 2. The third-order valence-corrected chi connectivity index (χ3v) is 3.60. The Morgan fingerprint density at radius 1 is 1.29 bits per heavy atom. The van der Waals surface area contributed by atoms with E-state index in [1.54, 1.807) is 6.07 Å². The lowest BCUT2D eigenvalue weighted by atomic mass is 10.1. The maximum atomic E-state index is 12.8. The average molecular weight is 286 g/mol. The number of fused-ring (bicyclic) bond motifs is 1. The maximum Gasteiger partial charge on any atom is 0.254 e. The molecule has 0 atom stereocenters. The normalized spacial score (nSPS) is 15.8. The summed E-state index contributed by atoms with van der Waals surface area (Å²) < 4.78 is 5.40. The molecular weight excluding hydrogens is 268 g/mol. The van der Waals surface area contributed by atoms with Gasteiger partial charge in [-0.3, -0.25) is 4.79 Å². The molecule has 3 N–H and O–H groups in total.